The van der Waals surface area contributed by atoms with Crippen LogP contribution in [-0.2, 0) is 29.4 Å². The third-order valence-electron chi connectivity index (χ3n) is 10.3. The lowest BCUT2D eigenvalue weighted by atomic mass is 9.64. The van der Waals surface area contributed by atoms with E-state index in [-0.39, 0.29) is 36.8 Å². The van der Waals surface area contributed by atoms with Crippen LogP contribution in [0.15, 0.2) is 48.5 Å². The van der Waals surface area contributed by atoms with Gasteiger partial charge in [0, 0.05) is 41.6 Å². The Morgan fingerprint density at radius 1 is 1.06 bits per heavy atom. The van der Waals surface area contributed by atoms with Crippen molar-refractivity contribution in [3.05, 3.63) is 69.7 Å². The van der Waals surface area contributed by atoms with Gasteiger partial charge in [-0.05, 0) is 81.0 Å². The van der Waals surface area contributed by atoms with Gasteiger partial charge in [-0.3, -0.25) is 9.59 Å². The molecule has 4 atom stereocenters. The molecule has 10 nitrogen and oxygen atoms in total. The van der Waals surface area contributed by atoms with E-state index < -0.39 is 60.4 Å². The van der Waals surface area contributed by atoms with E-state index >= 15 is 4.79 Å². The van der Waals surface area contributed by atoms with Crippen LogP contribution in [0.4, 0.5) is 0 Å². The number of piperidine rings is 1. The molecule has 47 heavy (non-hydrogen) atoms. The van der Waals surface area contributed by atoms with E-state index in [1.165, 1.54) is 0 Å². The van der Waals surface area contributed by atoms with Gasteiger partial charge < -0.3 is 14.9 Å². The fourth-order valence-electron chi connectivity index (χ4n) is 7.04. The lowest BCUT2D eigenvalue weighted by Crippen LogP contribution is -2.59. The number of amides is 1. The number of carbonyl (C=O) groups is 2. The van der Waals surface area contributed by atoms with Crippen molar-refractivity contribution in [2.75, 3.05) is 37.7 Å². The molecule has 0 bridgehead atoms. The topological polar surface area (TPSA) is 141 Å². The summed E-state index contributed by atoms with van der Waals surface area (Å²) in [7, 11) is -6.79. The monoisotopic (exact) mass is 727 g/mol. The molecule has 0 spiro atoms. The number of hydrogen-bond acceptors (Lipinski definition) is 7. The number of rotatable bonds is 13. The zero-order valence-corrected chi connectivity index (χ0v) is 29.8. The highest BCUT2D eigenvalue weighted by molar-refractivity contribution is 7.91. The molecule has 14 heteroatoms. The molecule has 2 N–H and O–H groups in total. The number of benzene rings is 2. The second kappa shape index (κ2) is 14.0. The number of sulfonamides is 1. The highest BCUT2D eigenvalue weighted by Gasteiger charge is 2.55. The van der Waals surface area contributed by atoms with Gasteiger partial charge in [0.05, 0.1) is 34.1 Å². The summed E-state index contributed by atoms with van der Waals surface area (Å²) < 4.78 is 52.6. The van der Waals surface area contributed by atoms with E-state index in [4.69, 9.17) is 23.2 Å². The number of hydrogen-bond donors (Lipinski definition) is 2. The van der Waals surface area contributed by atoms with Gasteiger partial charge in [-0.2, -0.15) is 0 Å². The molecule has 0 radical (unpaired) electrons. The number of carboxylic acid groups (broad SMARTS) is 1. The van der Waals surface area contributed by atoms with E-state index in [9.17, 15) is 26.7 Å². The van der Waals surface area contributed by atoms with Gasteiger partial charge in [0.2, 0.25) is 15.9 Å². The Morgan fingerprint density at radius 3 is 2.30 bits per heavy atom. The first-order valence-corrected chi connectivity index (χ1v) is 20.1. The molecule has 1 saturated carbocycles. The van der Waals surface area contributed by atoms with Gasteiger partial charge in [0.1, 0.15) is 0 Å². The van der Waals surface area contributed by atoms with Crippen LogP contribution in [0.2, 0.25) is 10.0 Å². The van der Waals surface area contributed by atoms with Crippen molar-refractivity contribution < 1.29 is 31.5 Å². The van der Waals surface area contributed by atoms with E-state index in [0.29, 0.717) is 48.9 Å². The number of nitrogens with zero attached hydrogens (tertiary/aromatic N) is 2. The van der Waals surface area contributed by atoms with Crippen LogP contribution >= 0.6 is 23.2 Å². The van der Waals surface area contributed by atoms with Crippen molar-refractivity contribution in [2.45, 2.75) is 75.1 Å². The second-order valence-electron chi connectivity index (χ2n) is 13.5. The fraction of sp³-hybridized carbons (Fsp3) is 0.576. The Hall–Kier alpha value is -2.22. The fourth-order valence-corrected chi connectivity index (χ4v) is 10.0. The molecule has 2 aromatic carbocycles. The first kappa shape index (κ1) is 36.1. The summed E-state index contributed by atoms with van der Waals surface area (Å²) in [6, 6.07) is 13.4. The summed E-state index contributed by atoms with van der Waals surface area (Å²) >= 11 is 12.8. The average molecular weight is 729 g/mol. The summed E-state index contributed by atoms with van der Waals surface area (Å²) in [6.07, 6.45) is 1.49. The largest absolute Gasteiger partial charge is 0.481 e. The maximum absolute atomic E-state index is 15.1. The Morgan fingerprint density at radius 2 is 1.72 bits per heavy atom. The molecule has 1 aliphatic carbocycles. The van der Waals surface area contributed by atoms with E-state index in [0.717, 1.165) is 11.1 Å². The molecule has 0 aromatic heterocycles. The molecule has 2 heterocycles. The smallest absolute Gasteiger partial charge is 0.304 e. The van der Waals surface area contributed by atoms with Crippen molar-refractivity contribution in [3.63, 3.8) is 0 Å². The Bertz CT molecular complexity index is 1690. The SMILES string of the molecule is CC[C@@H](CNS(=O)(=O)C1(C)CC1)N1C(=O)[C@@](CCN2CCS(=O)(=O)CC2)(CC(=O)O)C[C@H](c2cccc(Cl)c2)[C@H]1c1ccc(Cl)cc1. The van der Waals surface area contributed by atoms with Crippen molar-refractivity contribution in [1.29, 1.82) is 0 Å². The van der Waals surface area contributed by atoms with Gasteiger partial charge in [-0.25, -0.2) is 21.6 Å². The lowest BCUT2D eigenvalue weighted by molar-refractivity contribution is -0.163. The average Bonchev–Trinajstić information content (AvgIpc) is 3.78. The summed E-state index contributed by atoms with van der Waals surface area (Å²) in [5, 5.41) is 11.3. The molecule has 1 amide bonds. The summed E-state index contributed by atoms with van der Waals surface area (Å²) in [4.78, 5) is 31.4. The van der Waals surface area contributed by atoms with E-state index in [2.05, 4.69) is 4.72 Å². The molecular weight excluding hydrogens is 685 g/mol. The van der Waals surface area contributed by atoms with E-state index in [1.807, 2.05) is 42.2 Å². The zero-order chi connectivity index (χ0) is 34.2. The Labute approximate surface area is 287 Å². The van der Waals surface area contributed by atoms with Gasteiger partial charge in [0.15, 0.2) is 9.84 Å². The number of sulfone groups is 1. The maximum atomic E-state index is 15.1. The third-order valence-corrected chi connectivity index (χ3v) is 14.6. The summed E-state index contributed by atoms with van der Waals surface area (Å²) in [5.41, 5.74) is 0.260. The van der Waals surface area contributed by atoms with Crippen LogP contribution in [0.25, 0.3) is 0 Å². The van der Waals surface area contributed by atoms with Crippen molar-refractivity contribution >= 4 is 54.9 Å². The molecule has 3 fully saturated rings. The molecular formula is C33H43Cl2N3O7S2. The standard InChI is InChI=1S/C33H43Cl2N3O7S2/c1-3-27(22-36-47(44,45)32(2)11-12-32)38-30(23-7-9-25(34)10-8-23)28(24-5-4-6-26(35)19-24)20-33(31(38)41,21-29(39)40)13-14-37-15-17-46(42,43)18-16-37/h4-10,19,27-28,30,36H,3,11-18,20-22H2,1-2H3,(H,39,40)/t27-,28+,30+,33+/m0/s1. The van der Waals surface area contributed by atoms with E-state index in [1.54, 1.807) is 30.0 Å². The second-order valence-corrected chi connectivity index (χ2v) is 19.0. The first-order chi connectivity index (χ1) is 22.1. The summed E-state index contributed by atoms with van der Waals surface area (Å²) in [6.45, 7) is 4.54. The molecule has 0 unspecified atom stereocenters. The van der Waals surface area contributed by atoms with Crippen LogP contribution in [-0.4, -0.2) is 92.1 Å². The van der Waals surface area contributed by atoms with Crippen LogP contribution in [0.5, 0.6) is 0 Å². The molecule has 258 valence electrons. The van der Waals surface area contributed by atoms with Crippen molar-refractivity contribution in [1.82, 2.24) is 14.5 Å². The number of nitrogens with one attached hydrogen (secondary N) is 1. The Balaban J connectivity index is 1.61. The summed E-state index contributed by atoms with van der Waals surface area (Å²) in [5.74, 6) is -1.85. The molecule has 2 saturated heterocycles. The van der Waals surface area contributed by atoms with Gasteiger partial charge in [-0.15, -0.1) is 0 Å². The lowest BCUT2D eigenvalue weighted by Gasteiger charge is -2.53. The first-order valence-electron chi connectivity index (χ1n) is 16.1. The molecule has 2 aliphatic heterocycles. The Kier molecular flexibility index (Phi) is 10.7. The minimum atomic E-state index is -3.66. The maximum Gasteiger partial charge on any atom is 0.304 e. The quantitative estimate of drug-likeness (QED) is 0.298. The number of halogens is 2. The van der Waals surface area contributed by atoms with Crippen LogP contribution < -0.4 is 4.72 Å². The number of likely N-dealkylation sites (tertiary alicyclic amines) is 1. The molecule has 3 aliphatic rings. The predicted octanol–water partition coefficient (Wildman–Crippen LogP) is 4.88. The van der Waals surface area contributed by atoms with Crippen LogP contribution in [0.1, 0.15) is 75.5 Å². The van der Waals surface area contributed by atoms with Gasteiger partial charge in [-0.1, -0.05) is 54.4 Å². The van der Waals surface area contributed by atoms with Gasteiger partial charge >= 0.3 is 5.97 Å². The van der Waals surface area contributed by atoms with Gasteiger partial charge in [0.25, 0.3) is 0 Å². The van der Waals surface area contributed by atoms with Crippen LogP contribution in [0.3, 0.4) is 0 Å². The highest BCUT2D eigenvalue weighted by atomic mass is 35.5. The molecule has 5 rings (SSSR count). The minimum Gasteiger partial charge on any atom is -0.481 e. The molecule has 2 aromatic rings. The van der Waals surface area contributed by atoms with Crippen molar-refractivity contribution in [3.8, 4) is 0 Å². The van der Waals surface area contributed by atoms with Crippen molar-refractivity contribution in [2.24, 2.45) is 5.41 Å². The highest BCUT2D eigenvalue weighted by Crippen LogP contribution is 2.54. The van der Waals surface area contributed by atoms with Crippen LogP contribution in [0, 0.1) is 5.41 Å². The number of carbonyl (C=O) groups excluding carboxylic acids is 1. The predicted molar refractivity (Wildman–Crippen MR) is 183 cm³/mol. The number of carboxylic acids is 1. The zero-order valence-electron chi connectivity index (χ0n) is 26.7. The minimum absolute atomic E-state index is 0.0136. The number of aliphatic carboxylic acids is 1. The third kappa shape index (κ3) is 7.99. The normalized spacial score (nSPS) is 26.6.